The van der Waals surface area contributed by atoms with Gasteiger partial charge in [-0.1, -0.05) is 24.3 Å². The summed E-state index contributed by atoms with van der Waals surface area (Å²) in [4.78, 5) is 28.2. The van der Waals surface area contributed by atoms with E-state index in [1.54, 1.807) is 0 Å². The van der Waals surface area contributed by atoms with Gasteiger partial charge in [0.25, 0.3) is 0 Å². The summed E-state index contributed by atoms with van der Waals surface area (Å²) in [7, 11) is 2.36. The Bertz CT molecular complexity index is 1930. The maximum Gasteiger partial charge on any atom is 0.174 e. The van der Waals surface area contributed by atoms with E-state index in [1.807, 2.05) is 0 Å². The number of likely N-dealkylation sites (tertiary alicyclic amines) is 2. The highest BCUT2D eigenvalue weighted by molar-refractivity contribution is 5.90. The van der Waals surface area contributed by atoms with Gasteiger partial charge in [-0.25, -0.2) is 0 Å². The molecule has 9 heteroatoms. The van der Waals surface area contributed by atoms with Crippen molar-refractivity contribution < 1.29 is 50.7 Å². The number of Topliss-reactive ketones (excluding diaryl/α,β-unsaturated/α-hetero) is 2. The van der Waals surface area contributed by atoms with Crippen LogP contribution in [0.1, 0.15) is 97.6 Å². The molecule has 278 valence electrons. The topological polar surface area (TPSA) is 96.3 Å². The number of quaternary nitrogens is 1. The molecule has 2 unspecified atom stereocenters. The van der Waals surface area contributed by atoms with E-state index in [-0.39, 0.29) is 40.6 Å². The maximum atomic E-state index is 12.9. The summed E-state index contributed by atoms with van der Waals surface area (Å²) in [6.07, 6.45) is 9.97. The van der Waals surface area contributed by atoms with E-state index in [0.717, 1.165) is 84.3 Å². The van der Waals surface area contributed by atoms with Crippen LogP contribution in [0.15, 0.2) is 24.3 Å². The molecule has 8 nitrogen and oxygen atoms in total. The fourth-order valence-electron chi connectivity index (χ4n) is 13.5. The second-order valence-corrected chi connectivity index (χ2v) is 18.9. The summed E-state index contributed by atoms with van der Waals surface area (Å²) < 4.78 is 13.6. The van der Waals surface area contributed by atoms with Gasteiger partial charge in [0.2, 0.25) is 0 Å². The van der Waals surface area contributed by atoms with Gasteiger partial charge in [0.15, 0.2) is 23.8 Å². The zero-order valence-corrected chi connectivity index (χ0v) is 32.5. The molecule has 4 aliphatic heterocycles. The number of halogens is 1. The van der Waals surface area contributed by atoms with E-state index in [2.05, 4.69) is 50.1 Å². The number of carbonyl (C=O) groups is 2. The summed E-state index contributed by atoms with van der Waals surface area (Å²) >= 11 is 0. The van der Waals surface area contributed by atoms with Gasteiger partial charge in [-0.2, -0.15) is 0 Å². The Morgan fingerprint density at radius 1 is 0.769 bits per heavy atom. The minimum absolute atomic E-state index is 0. The third-order valence-corrected chi connectivity index (χ3v) is 16.3. The van der Waals surface area contributed by atoms with Crippen molar-refractivity contribution in [3.63, 3.8) is 0 Å². The highest BCUT2D eigenvalue weighted by Gasteiger charge is 2.77. The zero-order valence-electron chi connectivity index (χ0n) is 30.9. The van der Waals surface area contributed by atoms with Crippen molar-refractivity contribution in [2.45, 2.75) is 137 Å². The molecule has 9 atom stereocenters. The van der Waals surface area contributed by atoms with Gasteiger partial charge in [-0.3, -0.25) is 14.5 Å². The molecule has 2 saturated heterocycles. The van der Waals surface area contributed by atoms with E-state index in [0.29, 0.717) is 25.7 Å². The first-order valence-electron chi connectivity index (χ1n) is 20.1. The average molecular weight is 774 g/mol. The second kappa shape index (κ2) is 10.9. The molecule has 4 heterocycles. The van der Waals surface area contributed by atoms with Gasteiger partial charge in [0.05, 0.1) is 36.6 Å². The summed E-state index contributed by atoms with van der Waals surface area (Å²) in [6, 6.07) is 9.02. The van der Waals surface area contributed by atoms with E-state index >= 15 is 0 Å². The molecule has 10 aliphatic rings. The van der Waals surface area contributed by atoms with Gasteiger partial charge in [0, 0.05) is 55.3 Å². The van der Waals surface area contributed by atoms with Crippen molar-refractivity contribution >= 4 is 11.6 Å². The SMILES string of the molecule is Cc1ccc2c3c1O[C@@H]1C(=O)CC[C@]4(O)C(C2)N(CC2CC2)CC[C@@]314.Cc1ccc2c3c1O[C@@H]1C(=O)CC[C@]4(O)C(C2)[N@+](C)(CC2CC2)CC[C@@]314.[Br-]. The molecule has 4 saturated carbocycles. The molecule has 0 amide bonds. The van der Waals surface area contributed by atoms with Crippen LogP contribution in [0, 0.1) is 25.7 Å². The highest BCUT2D eigenvalue weighted by Crippen LogP contribution is 2.66. The fraction of sp³-hybridized carbons (Fsp3) is 0.674. The van der Waals surface area contributed by atoms with Gasteiger partial charge in [-0.05, 0) is 99.9 Å². The Kier molecular flexibility index (Phi) is 7.19. The lowest BCUT2D eigenvalue weighted by Crippen LogP contribution is -3.00. The molecule has 2 aromatic rings. The third-order valence-electron chi connectivity index (χ3n) is 16.3. The zero-order chi connectivity index (χ0) is 34.9. The smallest absolute Gasteiger partial charge is 0.174 e. The van der Waals surface area contributed by atoms with E-state index in [9.17, 15) is 19.8 Å². The van der Waals surface area contributed by atoms with Crippen LogP contribution in [0.3, 0.4) is 0 Å². The number of aliphatic hydroxyl groups is 2. The number of carbonyl (C=O) groups excluding carboxylic acids is 2. The number of ether oxygens (including phenoxy) is 2. The van der Waals surface area contributed by atoms with Crippen LogP contribution in [-0.4, -0.2) is 99.9 Å². The Morgan fingerprint density at radius 3 is 1.92 bits per heavy atom. The second-order valence-electron chi connectivity index (χ2n) is 18.9. The Balaban J connectivity index is 0.000000128. The van der Waals surface area contributed by atoms with Crippen LogP contribution < -0.4 is 26.5 Å². The van der Waals surface area contributed by atoms with Gasteiger partial charge in [0.1, 0.15) is 23.1 Å². The minimum Gasteiger partial charge on any atom is -1.00 e. The van der Waals surface area contributed by atoms with Crippen molar-refractivity contribution in [2.75, 3.05) is 33.2 Å². The molecule has 12 rings (SSSR count). The number of ketones is 2. The molecule has 2 spiro atoms. The van der Waals surface area contributed by atoms with Crippen LogP contribution in [-0.2, 0) is 33.3 Å². The normalized spacial score (nSPS) is 42.6. The first-order chi connectivity index (χ1) is 24.4. The molecule has 6 aliphatic carbocycles. The van der Waals surface area contributed by atoms with Crippen molar-refractivity contribution in [3.05, 3.63) is 57.6 Å². The van der Waals surface area contributed by atoms with Crippen molar-refractivity contribution in [1.82, 2.24) is 4.90 Å². The van der Waals surface area contributed by atoms with Crippen molar-refractivity contribution in [1.29, 1.82) is 0 Å². The number of nitrogens with zero attached hydrogens (tertiary/aromatic N) is 2. The fourth-order valence-corrected chi connectivity index (χ4v) is 13.5. The lowest BCUT2D eigenvalue weighted by molar-refractivity contribution is -0.950. The van der Waals surface area contributed by atoms with Crippen LogP contribution in [0.4, 0.5) is 0 Å². The summed E-state index contributed by atoms with van der Waals surface area (Å²) in [5.41, 5.74) is 4.50. The largest absolute Gasteiger partial charge is 1.00 e. The third kappa shape index (κ3) is 4.08. The van der Waals surface area contributed by atoms with Gasteiger partial charge in [-0.15, -0.1) is 0 Å². The van der Waals surface area contributed by atoms with Gasteiger partial charge < -0.3 is 41.2 Å². The van der Waals surface area contributed by atoms with E-state index in [1.165, 1.54) is 54.5 Å². The molecule has 0 aromatic heterocycles. The molecule has 52 heavy (non-hydrogen) atoms. The molecular weight excluding hydrogens is 720 g/mol. The highest BCUT2D eigenvalue weighted by atomic mass is 79.9. The molecule has 2 aromatic carbocycles. The number of benzene rings is 2. The number of rotatable bonds is 4. The predicted octanol–water partition coefficient (Wildman–Crippen LogP) is 1.41. The monoisotopic (exact) mass is 772 g/mol. The van der Waals surface area contributed by atoms with Crippen molar-refractivity contribution in [3.8, 4) is 11.5 Å². The lowest BCUT2D eigenvalue weighted by atomic mass is 9.48. The molecular formula is C43H53BrN2O6. The Morgan fingerprint density at radius 2 is 1.33 bits per heavy atom. The maximum absolute atomic E-state index is 12.9. The standard InChI is InChI=1S/C22H28NO3.C21H25NO3.BrH/c1-13-3-6-15-11-17-22(25)8-7-16(24)20-21(22,18(15)19(13)26-20)9-10-23(17,2)12-14-4-5-14;1-12-2-5-14-10-16-21(24)7-6-15(23)19-20(21,17(14)18(12)25-19)8-9-22(16)11-13-3-4-13;/h3,6,14,17,20,25H,4-5,7-12H2,1-2H3;2,5,13,16,19,24H,3-4,6-11H2,1H3;1H/q+1;;/p-1/t17?,20-,21-,22+,23+;16?,19-,20-,21+;/m11./s1. The first kappa shape index (κ1) is 34.2. The van der Waals surface area contributed by atoms with Crippen LogP contribution in [0.25, 0.3) is 0 Å². The number of hydrogen-bond donors (Lipinski definition) is 2. The molecule has 2 N–H and O–H groups in total. The van der Waals surface area contributed by atoms with Gasteiger partial charge >= 0.3 is 0 Å². The number of hydrogen-bond acceptors (Lipinski definition) is 7. The predicted molar refractivity (Wildman–Crippen MR) is 190 cm³/mol. The molecule has 6 fully saturated rings. The van der Waals surface area contributed by atoms with Crippen LogP contribution >= 0.6 is 0 Å². The molecule has 0 radical (unpaired) electrons. The number of likely N-dealkylation sites (N-methyl/N-ethyl adjacent to an activating group) is 1. The lowest BCUT2D eigenvalue weighted by Gasteiger charge is -2.64. The van der Waals surface area contributed by atoms with E-state index in [4.69, 9.17) is 9.47 Å². The van der Waals surface area contributed by atoms with Crippen LogP contribution in [0.5, 0.6) is 11.5 Å². The first-order valence-corrected chi connectivity index (χ1v) is 20.1. The number of aryl methyl sites for hydroxylation is 2. The minimum atomic E-state index is -0.829. The van der Waals surface area contributed by atoms with Crippen LogP contribution in [0.2, 0.25) is 0 Å². The Hall–Kier alpha value is -2.30. The molecule has 4 bridgehead atoms. The quantitative estimate of drug-likeness (QED) is 0.455. The Labute approximate surface area is 317 Å². The number of piperidine rings is 2. The summed E-state index contributed by atoms with van der Waals surface area (Å²) in [5, 5.41) is 24.3. The van der Waals surface area contributed by atoms with Crippen molar-refractivity contribution in [2.24, 2.45) is 11.8 Å². The average Bonchev–Trinajstić information content (AvgIpc) is 4.03. The summed E-state index contributed by atoms with van der Waals surface area (Å²) in [6.45, 7) is 8.43. The summed E-state index contributed by atoms with van der Waals surface area (Å²) in [5.74, 6) is 3.81. The van der Waals surface area contributed by atoms with E-state index < -0.39 is 34.2 Å².